The number of nitrogens with one attached hydrogen (secondary N) is 1. The summed E-state index contributed by atoms with van der Waals surface area (Å²) >= 11 is 6.02. The van der Waals surface area contributed by atoms with Gasteiger partial charge in [-0.25, -0.2) is 4.39 Å². The first-order valence-corrected chi connectivity index (χ1v) is 6.12. The number of hydrogen-bond acceptors (Lipinski definition) is 2. The summed E-state index contributed by atoms with van der Waals surface area (Å²) in [5, 5.41) is 0.418. The maximum absolute atomic E-state index is 13.0. The van der Waals surface area contributed by atoms with Gasteiger partial charge in [0.2, 0.25) is 0 Å². The molecule has 0 saturated carbocycles. The molecule has 1 aromatic rings. The van der Waals surface area contributed by atoms with Crippen molar-refractivity contribution in [1.82, 2.24) is 5.43 Å². The molecule has 0 radical (unpaired) electrons. The van der Waals surface area contributed by atoms with E-state index < -0.39 is 0 Å². The normalized spacial score (nSPS) is 13.8. The fraction of sp³-hybridized carbons (Fsp3) is 0.538. The lowest BCUT2D eigenvalue weighted by atomic mass is 9.87. The van der Waals surface area contributed by atoms with Crippen LogP contribution in [0.5, 0.6) is 0 Å². The highest BCUT2D eigenvalue weighted by Crippen LogP contribution is 2.30. The van der Waals surface area contributed by atoms with Gasteiger partial charge in [-0.2, -0.15) is 0 Å². The molecule has 3 N–H and O–H groups in total. The summed E-state index contributed by atoms with van der Waals surface area (Å²) in [7, 11) is 0. The van der Waals surface area contributed by atoms with Crippen molar-refractivity contribution in [3.63, 3.8) is 0 Å². The zero-order chi connectivity index (χ0) is 13.1. The first kappa shape index (κ1) is 14.4. The second-order valence-corrected chi connectivity index (χ2v) is 5.89. The van der Waals surface area contributed by atoms with Crippen LogP contribution in [0.25, 0.3) is 0 Å². The van der Waals surface area contributed by atoms with Gasteiger partial charge in [0.05, 0.1) is 0 Å². The summed E-state index contributed by atoms with van der Waals surface area (Å²) in [6.45, 7) is 6.52. The Hall–Kier alpha value is -0.640. The molecule has 0 spiro atoms. The molecule has 0 aromatic heterocycles. The van der Waals surface area contributed by atoms with Gasteiger partial charge in [0.1, 0.15) is 5.82 Å². The van der Waals surface area contributed by atoms with Gasteiger partial charge in [0.15, 0.2) is 0 Å². The lowest BCUT2D eigenvalue weighted by Gasteiger charge is -2.23. The molecule has 17 heavy (non-hydrogen) atoms. The molecule has 1 unspecified atom stereocenters. The van der Waals surface area contributed by atoms with Crippen LogP contribution in [0, 0.1) is 11.2 Å². The summed E-state index contributed by atoms with van der Waals surface area (Å²) in [5.74, 6) is 5.21. The van der Waals surface area contributed by atoms with E-state index in [1.807, 2.05) is 0 Å². The lowest BCUT2D eigenvalue weighted by Crippen LogP contribution is -2.29. The van der Waals surface area contributed by atoms with Crippen LogP contribution in [0.4, 0.5) is 4.39 Å². The van der Waals surface area contributed by atoms with Crippen LogP contribution in [0.15, 0.2) is 18.2 Å². The first-order chi connectivity index (χ1) is 7.83. The lowest BCUT2D eigenvalue weighted by molar-refractivity contribution is 0.333. The maximum atomic E-state index is 13.0. The van der Waals surface area contributed by atoms with Crippen LogP contribution >= 0.6 is 11.6 Å². The average molecular weight is 259 g/mol. The molecule has 0 aliphatic rings. The quantitative estimate of drug-likeness (QED) is 0.637. The summed E-state index contributed by atoms with van der Waals surface area (Å²) in [5.41, 5.74) is 3.83. The highest BCUT2D eigenvalue weighted by Gasteiger charge is 2.18. The highest BCUT2D eigenvalue weighted by atomic mass is 35.5. The summed E-state index contributed by atoms with van der Waals surface area (Å²) in [6, 6.07) is 4.37. The zero-order valence-corrected chi connectivity index (χ0v) is 11.3. The van der Waals surface area contributed by atoms with E-state index in [9.17, 15) is 4.39 Å². The van der Waals surface area contributed by atoms with E-state index in [4.69, 9.17) is 17.4 Å². The fourth-order valence-electron chi connectivity index (χ4n) is 1.69. The van der Waals surface area contributed by atoms with E-state index >= 15 is 0 Å². The Morgan fingerprint density at radius 1 is 1.41 bits per heavy atom. The molecular formula is C13H20ClFN2. The van der Waals surface area contributed by atoms with Crippen LogP contribution < -0.4 is 11.3 Å². The van der Waals surface area contributed by atoms with Gasteiger partial charge >= 0.3 is 0 Å². The van der Waals surface area contributed by atoms with Crippen molar-refractivity contribution in [2.24, 2.45) is 11.3 Å². The predicted octanol–water partition coefficient (Wildman–Crippen LogP) is 3.81. The Kier molecular flexibility index (Phi) is 4.92. The van der Waals surface area contributed by atoms with Crippen molar-refractivity contribution in [2.45, 2.75) is 39.7 Å². The molecule has 0 amide bonds. The van der Waals surface area contributed by atoms with E-state index in [1.54, 1.807) is 6.07 Å². The molecule has 0 aliphatic heterocycles. The Morgan fingerprint density at radius 2 is 2.06 bits per heavy atom. The number of benzene rings is 1. The summed E-state index contributed by atoms with van der Waals surface area (Å²) in [4.78, 5) is 0. The number of halogens is 2. The Morgan fingerprint density at radius 3 is 2.53 bits per heavy atom. The van der Waals surface area contributed by atoms with Gasteiger partial charge in [0, 0.05) is 11.1 Å². The second kappa shape index (κ2) is 5.80. The van der Waals surface area contributed by atoms with Crippen molar-refractivity contribution < 1.29 is 4.39 Å². The molecular weight excluding hydrogens is 239 g/mol. The van der Waals surface area contributed by atoms with Crippen LogP contribution in [0.1, 0.15) is 45.2 Å². The van der Waals surface area contributed by atoms with Crippen LogP contribution in [-0.2, 0) is 0 Å². The predicted molar refractivity (Wildman–Crippen MR) is 70.2 cm³/mol. The van der Waals surface area contributed by atoms with Crippen molar-refractivity contribution in [2.75, 3.05) is 0 Å². The van der Waals surface area contributed by atoms with Crippen molar-refractivity contribution in [1.29, 1.82) is 0 Å². The van der Waals surface area contributed by atoms with E-state index in [2.05, 4.69) is 26.2 Å². The van der Waals surface area contributed by atoms with Crippen molar-refractivity contribution >= 4 is 11.6 Å². The fourth-order valence-corrected chi connectivity index (χ4v) is 1.99. The topological polar surface area (TPSA) is 38.0 Å². The Labute approximate surface area is 107 Å². The molecule has 1 atom stereocenters. The van der Waals surface area contributed by atoms with Crippen LogP contribution in [0.2, 0.25) is 5.02 Å². The summed E-state index contributed by atoms with van der Waals surface area (Å²) < 4.78 is 13.0. The molecule has 1 rings (SSSR count). The first-order valence-electron chi connectivity index (χ1n) is 5.74. The molecule has 0 bridgehead atoms. The highest BCUT2D eigenvalue weighted by molar-refractivity contribution is 6.31. The van der Waals surface area contributed by atoms with E-state index in [0.29, 0.717) is 5.02 Å². The smallest absolute Gasteiger partial charge is 0.124 e. The number of rotatable bonds is 4. The number of hydrogen-bond donors (Lipinski definition) is 2. The van der Waals surface area contributed by atoms with Crippen LogP contribution in [0.3, 0.4) is 0 Å². The van der Waals surface area contributed by atoms with Gasteiger partial charge in [0.25, 0.3) is 0 Å². The molecule has 0 aliphatic carbocycles. The van der Waals surface area contributed by atoms with Gasteiger partial charge < -0.3 is 0 Å². The zero-order valence-electron chi connectivity index (χ0n) is 10.6. The largest absolute Gasteiger partial charge is 0.271 e. The Balaban J connectivity index is 2.79. The van der Waals surface area contributed by atoms with Crippen LogP contribution in [-0.4, -0.2) is 0 Å². The molecule has 2 nitrogen and oxygen atoms in total. The standard InChI is InChI=1S/C13H20ClFN2/c1-13(2,3)7-6-12(17-16)10-5-4-9(15)8-11(10)14/h4-5,8,12,17H,6-7,16H2,1-3H3. The minimum Gasteiger partial charge on any atom is -0.271 e. The molecule has 0 heterocycles. The van der Waals surface area contributed by atoms with Gasteiger partial charge in [-0.3, -0.25) is 11.3 Å². The molecule has 96 valence electrons. The number of hydrazine groups is 1. The van der Waals surface area contributed by atoms with E-state index in [-0.39, 0.29) is 17.3 Å². The van der Waals surface area contributed by atoms with Gasteiger partial charge in [-0.15, -0.1) is 0 Å². The van der Waals surface area contributed by atoms with Gasteiger partial charge in [-0.1, -0.05) is 38.4 Å². The summed E-state index contributed by atoms with van der Waals surface area (Å²) in [6.07, 6.45) is 1.88. The van der Waals surface area contributed by atoms with Crippen molar-refractivity contribution in [3.8, 4) is 0 Å². The van der Waals surface area contributed by atoms with Gasteiger partial charge in [-0.05, 0) is 36.0 Å². The molecule has 1 aromatic carbocycles. The molecule has 4 heteroatoms. The minimum atomic E-state index is -0.328. The maximum Gasteiger partial charge on any atom is 0.124 e. The third kappa shape index (κ3) is 4.62. The Bertz CT molecular complexity index is 374. The van der Waals surface area contributed by atoms with E-state index in [1.165, 1.54) is 12.1 Å². The average Bonchev–Trinajstić information content (AvgIpc) is 2.19. The molecule has 0 saturated heterocycles. The minimum absolute atomic E-state index is 0.0395. The molecule has 0 fully saturated rings. The third-order valence-electron chi connectivity index (χ3n) is 2.72. The number of nitrogens with two attached hydrogens (primary N) is 1. The van der Waals surface area contributed by atoms with E-state index in [0.717, 1.165) is 18.4 Å². The monoisotopic (exact) mass is 258 g/mol. The SMILES string of the molecule is CC(C)(C)CCC(NN)c1ccc(F)cc1Cl. The van der Waals surface area contributed by atoms with Crippen molar-refractivity contribution in [3.05, 3.63) is 34.6 Å². The third-order valence-corrected chi connectivity index (χ3v) is 3.05. The second-order valence-electron chi connectivity index (χ2n) is 5.48.